The maximum Gasteiger partial charge on any atom is 0.222 e. The van der Waals surface area contributed by atoms with E-state index in [1.807, 2.05) is 14.1 Å². The first-order valence-corrected chi connectivity index (χ1v) is 8.00. The van der Waals surface area contributed by atoms with Gasteiger partial charge in [0.2, 0.25) is 5.91 Å². The van der Waals surface area contributed by atoms with Crippen molar-refractivity contribution in [2.45, 2.75) is 18.1 Å². The summed E-state index contributed by atoms with van der Waals surface area (Å²) in [5.41, 5.74) is 0. The molecule has 94 valence electrons. The van der Waals surface area contributed by atoms with Gasteiger partial charge in [-0.05, 0) is 13.0 Å². The number of nitrogens with one attached hydrogen (secondary N) is 1. The van der Waals surface area contributed by atoms with Crippen LogP contribution in [0.5, 0.6) is 0 Å². The van der Waals surface area contributed by atoms with Crippen LogP contribution >= 0.6 is 23.5 Å². The van der Waals surface area contributed by atoms with Gasteiger partial charge in [-0.3, -0.25) is 4.79 Å². The summed E-state index contributed by atoms with van der Waals surface area (Å²) in [7, 11) is 3.62. The third-order valence-corrected chi connectivity index (χ3v) is 5.34. The Morgan fingerprint density at radius 1 is 1.44 bits per heavy atom. The molecule has 1 heterocycles. The van der Waals surface area contributed by atoms with Crippen LogP contribution < -0.4 is 5.32 Å². The van der Waals surface area contributed by atoms with Crippen LogP contribution in [0.1, 0.15) is 12.8 Å². The standard InChI is InChI=1S/C11H22N2OS2/c1-13(2)11(14)4-3-5-12-8-10-9-15-6-7-16-10/h10,12H,3-9H2,1-2H3. The summed E-state index contributed by atoms with van der Waals surface area (Å²) in [6.45, 7) is 2.05. The summed E-state index contributed by atoms with van der Waals surface area (Å²) in [6, 6.07) is 0. The number of hydrogen-bond donors (Lipinski definition) is 1. The Labute approximate surface area is 107 Å². The van der Waals surface area contributed by atoms with E-state index in [2.05, 4.69) is 28.8 Å². The van der Waals surface area contributed by atoms with Crippen molar-refractivity contribution in [2.24, 2.45) is 0 Å². The van der Waals surface area contributed by atoms with E-state index in [0.29, 0.717) is 6.42 Å². The SMILES string of the molecule is CN(C)C(=O)CCCNCC1CSCCS1. The monoisotopic (exact) mass is 262 g/mol. The highest BCUT2D eigenvalue weighted by Gasteiger charge is 2.13. The lowest BCUT2D eigenvalue weighted by atomic mass is 10.3. The molecule has 0 aromatic carbocycles. The average molecular weight is 262 g/mol. The molecule has 0 aromatic heterocycles. The lowest BCUT2D eigenvalue weighted by Gasteiger charge is -2.21. The molecular formula is C11H22N2OS2. The Morgan fingerprint density at radius 3 is 2.88 bits per heavy atom. The minimum Gasteiger partial charge on any atom is -0.349 e. The number of carbonyl (C=O) groups is 1. The fraction of sp³-hybridized carbons (Fsp3) is 0.909. The van der Waals surface area contributed by atoms with Crippen molar-refractivity contribution in [1.29, 1.82) is 0 Å². The van der Waals surface area contributed by atoms with Crippen LogP contribution in [-0.2, 0) is 4.79 Å². The maximum atomic E-state index is 11.3. The molecule has 1 N–H and O–H groups in total. The van der Waals surface area contributed by atoms with E-state index in [1.165, 1.54) is 17.3 Å². The number of rotatable bonds is 6. The van der Waals surface area contributed by atoms with Crippen LogP contribution in [-0.4, -0.2) is 60.5 Å². The average Bonchev–Trinajstić information content (AvgIpc) is 2.29. The predicted octanol–water partition coefficient (Wildman–Crippen LogP) is 1.29. The normalized spacial score (nSPS) is 20.8. The lowest BCUT2D eigenvalue weighted by Crippen LogP contribution is -2.30. The van der Waals surface area contributed by atoms with Crippen molar-refractivity contribution in [2.75, 3.05) is 44.4 Å². The van der Waals surface area contributed by atoms with E-state index in [0.717, 1.165) is 24.8 Å². The lowest BCUT2D eigenvalue weighted by molar-refractivity contribution is -0.128. The Hall–Kier alpha value is 0.130. The predicted molar refractivity (Wildman–Crippen MR) is 74.4 cm³/mol. The first kappa shape index (κ1) is 14.2. The molecule has 1 fully saturated rings. The molecule has 1 unspecified atom stereocenters. The molecule has 1 aliphatic heterocycles. The van der Waals surface area contributed by atoms with E-state index < -0.39 is 0 Å². The number of nitrogens with zero attached hydrogens (tertiary/aromatic N) is 1. The molecule has 0 aliphatic carbocycles. The van der Waals surface area contributed by atoms with Gasteiger partial charge in [0.15, 0.2) is 0 Å². The van der Waals surface area contributed by atoms with E-state index in [4.69, 9.17) is 0 Å². The van der Waals surface area contributed by atoms with Crippen LogP contribution in [0, 0.1) is 0 Å². The molecule has 1 amide bonds. The minimum absolute atomic E-state index is 0.226. The van der Waals surface area contributed by atoms with Crippen LogP contribution in [0.3, 0.4) is 0 Å². The summed E-state index contributed by atoms with van der Waals surface area (Å²) in [5.74, 6) is 4.09. The summed E-state index contributed by atoms with van der Waals surface area (Å²) < 4.78 is 0. The van der Waals surface area contributed by atoms with Gasteiger partial charge in [-0.1, -0.05) is 0 Å². The number of thioether (sulfide) groups is 2. The summed E-state index contributed by atoms with van der Waals surface area (Å²) in [5, 5.41) is 4.21. The Morgan fingerprint density at radius 2 is 2.25 bits per heavy atom. The fourth-order valence-electron chi connectivity index (χ4n) is 1.51. The third-order valence-electron chi connectivity index (χ3n) is 2.50. The van der Waals surface area contributed by atoms with Gasteiger partial charge in [0.05, 0.1) is 0 Å². The molecule has 0 radical (unpaired) electrons. The smallest absolute Gasteiger partial charge is 0.222 e. The molecule has 1 atom stereocenters. The van der Waals surface area contributed by atoms with Crippen molar-refractivity contribution in [3.05, 3.63) is 0 Å². The minimum atomic E-state index is 0.226. The zero-order chi connectivity index (χ0) is 11.8. The highest BCUT2D eigenvalue weighted by atomic mass is 32.2. The summed E-state index contributed by atoms with van der Waals surface area (Å²) in [6.07, 6.45) is 1.61. The van der Waals surface area contributed by atoms with E-state index in [-0.39, 0.29) is 5.91 Å². The largest absolute Gasteiger partial charge is 0.349 e. The Bertz CT molecular complexity index is 206. The maximum absolute atomic E-state index is 11.3. The molecule has 0 aromatic rings. The number of hydrogen-bond acceptors (Lipinski definition) is 4. The first-order valence-electron chi connectivity index (χ1n) is 5.80. The van der Waals surface area contributed by atoms with Crippen LogP contribution in [0.15, 0.2) is 0 Å². The second-order valence-corrected chi connectivity index (χ2v) is 6.72. The molecule has 3 nitrogen and oxygen atoms in total. The van der Waals surface area contributed by atoms with Crippen molar-refractivity contribution >= 4 is 29.4 Å². The molecule has 1 saturated heterocycles. The second-order valence-electron chi connectivity index (χ2n) is 4.16. The highest BCUT2D eigenvalue weighted by molar-refractivity contribution is 8.06. The van der Waals surface area contributed by atoms with E-state index in [9.17, 15) is 4.79 Å². The first-order chi connectivity index (χ1) is 7.70. The van der Waals surface area contributed by atoms with E-state index in [1.54, 1.807) is 4.90 Å². The summed E-state index contributed by atoms with van der Waals surface area (Å²) in [4.78, 5) is 13.0. The molecule has 1 rings (SSSR count). The fourth-order valence-corrected chi connectivity index (χ4v) is 4.15. The van der Waals surface area contributed by atoms with Gasteiger partial charge < -0.3 is 10.2 Å². The number of carbonyl (C=O) groups excluding carboxylic acids is 1. The molecule has 0 saturated carbocycles. The van der Waals surface area contributed by atoms with Crippen LogP contribution in [0.4, 0.5) is 0 Å². The van der Waals surface area contributed by atoms with Gasteiger partial charge in [-0.15, -0.1) is 0 Å². The van der Waals surface area contributed by atoms with Crippen molar-refractivity contribution in [1.82, 2.24) is 10.2 Å². The van der Waals surface area contributed by atoms with Crippen LogP contribution in [0.2, 0.25) is 0 Å². The van der Waals surface area contributed by atoms with Gasteiger partial charge >= 0.3 is 0 Å². The van der Waals surface area contributed by atoms with Crippen molar-refractivity contribution in [3.63, 3.8) is 0 Å². The second kappa shape index (κ2) is 8.25. The zero-order valence-electron chi connectivity index (χ0n) is 10.2. The molecule has 0 spiro atoms. The van der Waals surface area contributed by atoms with Crippen molar-refractivity contribution < 1.29 is 4.79 Å². The molecular weight excluding hydrogens is 240 g/mol. The molecule has 0 bridgehead atoms. The highest BCUT2D eigenvalue weighted by Crippen LogP contribution is 2.23. The molecule has 16 heavy (non-hydrogen) atoms. The van der Waals surface area contributed by atoms with Gasteiger partial charge in [0, 0.05) is 49.6 Å². The quantitative estimate of drug-likeness (QED) is 0.731. The van der Waals surface area contributed by atoms with Gasteiger partial charge in [0.1, 0.15) is 0 Å². The molecule has 5 heteroatoms. The van der Waals surface area contributed by atoms with Gasteiger partial charge in [0.25, 0.3) is 0 Å². The van der Waals surface area contributed by atoms with Gasteiger partial charge in [-0.25, -0.2) is 0 Å². The number of amides is 1. The van der Waals surface area contributed by atoms with Crippen molar-refractivity contribution in [3.8, 4) is 0 Å². The Kier molecular flexibility index (Phi) is 7.32. The zero-order valence-corrected chi connectivity index (χ0v) is 11.8. The van der Waals surface area contributed by atoms with Gasteiger partial charge in [-0.2, -0.15) is 23.5 Å². The third kappa shape index (κ3) is 6.01. The van der Waals surface area contributed by atoms with E-state index >= 15 is 0 Å². The molecule has 1 aliphatic rings. The Balaban J connectivity index is 1.93. The summed E-state index contributed by atoms with van der Waals surface area (Å²) >= 11 is 4.13. The van der Waals surface area contributed by atoms with Crippen LogP contribution in [0.25, 0.3) is 0 Å². The topological polar surface area (TPSA) is 32.3 Å².